The van der Waals surface area contributed by atoms with Gasteiger partial charge in [-0.05, 0) is 18.6 Å². The molecular formula is C10H15NO2S. The molecule has 0 aromatic heterocycles. The summed E-state index contributed by atoms with van der Waals surface area (Å²) in [7, 11) is -3.20. The Morgan fingerprint density at radius 3 is 2.36 bits per heavy atom. The highest BCUT2D eigenvalue weighted by Crippen LogP contribution is 2.11. The summed E-state index contributed by atoms with van der Waals surface area (Å²) in [5, 5.41) is 0. The number of benzene rings is 1. The summed E-state index contributed by atoms with van der Waals surface area (Å²) < 4.78 is 23.4. The molecule has 0 saturated carbocycles. The van der Waals surface area contributed by atoms with Gasteiger partial charge in [0, 0.05) is 6.04 Å². The van der Waals surface area contributed by atoms with E-state index in [1.54, 1.807) is 30.3 Å². The third-order valence-electron chi connectivity index (χ3n) is 2.06. The van der Waals surface area contributed by atoms with Gasteiger partial charge in [-0.15, -0.1) is 0 Å². The largest absolute Gasteiger partial charge is 0.327 e. The Morgan fingerprint density at radius 1 is 1.29 bits per heavy atom. The van der Waals surface area contributed by atoms with Crippen molar-refractivity contribution in [1.82, 2.24) is 0 Å². The number of hydrogen-bond donors (Lipinski definition) is 1. The van der Waals surface area contributed by atoms with E-state index in [-0.39, 0.29) is 11.8 Å². The summed E-state index contributed by atoms with van der Waals surface area (Å²) in [5.74, 6) is 0.0213. The molecule has 0 heterocycles. The summed E-state index contributed by atoms with van der Waals surface area (Å²) in [6.45, 7) is 1.88. The lowest BCUT2D eigenvalue weighted by Crippen LogP contribution is -2.28. The summed E-state index contributed by atoms with van der Waals surface area (Å²) in [6.07, 6.45) is 0.673. The highest BCUT2D eigenvalue weighted by molar-refractivity contribution is 7.91. The lowest BCUT2D eigenvalue weighted by Gasteiger charge is -2.09. The molecule has 1 atom stereocenters. The first-order valence-corrected chi connectivity index (χ1v) is 6.25. The Labute approximate surface area is 84.9 Å². The molecule has 1 unspecified atom stereocenters. The molecule has 0 aliphatic carbocycles. The van der Waals surface area contributed by atoms with Crippen LogP contribution in [0.3, 0.4) is 0 Å². The fourth-order valence-corrected chi connectivity index (χ4v) is 2.69. The van der Waals surface area contributed by atoms with E-state index < -0.39 is 9.84 Å². The van der Waals surface area contributed by atoms with Gasteiger partial charge in [0.25, 0.3) is 0 Å². The van der Waals surface area contributed by atoms with E-state index in [1.807, 2.05) is 6.92 Å². The van der Waals surface area contributed by atoms with E-state index in [9.17, 15) is 8.42 Å². The van der Waals surface area contributed by atoms with E-state index >= 15 is 0 Å². The molecule has 1 aromatic rings. The lowest BCUT2D eigenvalue weighted by atomic mass is 10.3. The van der Waals surface area contributed by atoms with Crippen molar-refractivity contribution >= 4 is 9.84 Å². The maximum Gasteiger partial charge on any atom is 0.179 e. The van der Waals surface area contributed by atoms with Crippen LogP contribution in [0.15, 0.2) is 35.2 Å². The molecule has 1 aromatic carbocycles. The average Bonchev–Trinajstić information content (AvgIpc) is 2.18. The predicted octanol–water partition coefficient (Wildman–Crippen LogP) is 1.20. The van der Waals surface area contributed by atoms with Crippen molar-refractivity contribution in [2.45, 2.75) is 24.3 Å². The number of hydrogen-bond acceptors (Lipinski definition) is 3. The molecule has 0 radical (unpaired) electrons. The van der Waals surface area contributed by atoms with Crippen LogP contribution in [0, 0.1) is 0 Å². The first-order valence-electron chi connectivity index (χ1n) is 4.59. The van der Waals surface area contributed by atoms with Crippen molar-refractivity contribution in [3.05, 3.63) is 30.3 Å². The van der Waals surface area contributed by atoms with Crippen molar-refractivity contribution < 1.29 is 8.42 Å². The molecule has 78 valence electrons. The van der Waals surface area contributed by atoms with E-state index in [2.05, 4.69) is 0 Å². The third kappa shape index (κ3) is 2.82. The van der Waals surface area contributed by atoms with Crippen LogP contribution in [0.1, 0.15) is 13.3 Å². The van der Waals surface area contributed by atoms with Gasteiger partial charge in [-0.3, -0.25) is 0 Å². The molecule has 0 spiro atoms. The summed E-state index contributed by atoms with van der Waals surface area (Å²) >= 11 is 0. The maximum atomic E-state index is 11.7. The molecule has 3 nitrogen and oxygen atoms in total. The van der Waals surface area contributed by atoms with Crippen LogP contribution in [-0.4, -0.2) is 20.2 Å². The molecule has 4 heteroatoms. The van der Waals surface area contributed by atoms with Crippen LogP contribution < -0.4 is 5.73 Å². The van der Waals surface area contributed by atoms with Gasteiger partial charge in [-0.2, -0.15) is 0 Å². The predicted molar refractivity (Wildman–Crippen MR) is 56.8 cm³/mol. The van der Waals surface area contributed by atoms with Crippen molar-refractivity contribution in [3.63, 3.8) is 0 Å². The first-order chi connectivity index (χ1) is 6.56. The van der Waals surface area contributed by atoms with Crippen LogP contribution in [0.25, 0.3) is 0 Å². The standard InChI is InChI=1S/C10H15NO2S/c1-2-9(11)8-14(12,13)10-6-4-3-5-7-10/h3-7,9H,2,8,11H2,1H3. The molecule has 0 aliphatic rings. The van der Waals surface area contributed by atoms with Crippen LogP contribution in [-0.2, 0) is 9.84 Å². The van der Waals surface area contributed by atoms with Gasteiger partial charge in [0.05, 0.1) is 10.6 Å². The molecule has 0 bridgehead atoms. The number of sulfone groups is 1. The normalized spacial score (nSPS) is 13.9. The Morgan fingerprint density at radius 2 is 1.86 bits per heavy atom. The van der Waals surface area contributed by atoms with Gasteiger partial charge in [-0.1, -0.05) is 25.1 Å². The lowest BCUT2D eigenvalue weighted by molar-refractivity contribution is 0.584. The van der Waals surface area contributed by atoms with Crippen LogP contribution in [0.4, 0.5) is 0 Å². The first kappa shape index (κ1) is 11.2. The van der Waals surface area contributed by atoms with Gasteiger partial charge in [0.2, 0.25) is 0 Å². The zero-order chi connectivity index (χ0) is 10.6. The molecular weight excluding hydrogens is 198 g/mol. The van der Waals surface area contributed by atoms with Crippen LogP contribution in [0.2, 0.25) is 0 Å². The van der Waals surface area contributed by atoms with Gasteiger partial charge in [0.15, 0.2) is 9.84 Å². The summed E-state index contributed by atoms with van der Waals surface area (Å²) in [6, 6.07) is 8.13. The molecule has 1 rings (SSSR count). The second-order valence-electron chi connectivity index (χ2n) is 3.26. The smallest absolute Gasteiger partial charge is 0.179 e. The SMILES string of the molecule is CCC(N)CS(=O)(=O)c1ccccc1. The molecule has 0 fully saturated rings. The van der Waals surface area contributed by atoms with Gasteiger partial charge in [-0.25, -0.2) is 8.42 Å². The van der Waals surface area contributed by atoms with E-state index in [0.717, 1.165) is 0 Å². The maximum absolute atomic E-state index is 11.7. The minimum absolute atomic E-state index is 0.0213. The Balaban J connectivity index is 2.87. The van der Waals surface area contributed by atoms with Gasteiger partial charge in [0.1, 0.15) is 0 Å². The number of nitrogens with two attached hydrogens (primary N) is 1. The van der Waals surface area contributed by atoms with Crippen molar-refractivity contribution in [1.29, 1.82) is 0 Å². The zero-order valence-corrected chi connectivity index (χ0v) is 9.00. The van der Waals surface area contributed by atoms with Crippen molar-refractivity contribution in [2.24, 2.45) is 5.73 Å². The Bertz CT molecular complexity index is 372. The van der Waals surface area contributed by atoms with Gasteiger partial charge < -0.3 is 5.73 Å². The summed E-state index contributed by atoms with van der Waals surface area (Å²) in [4.78, 5) is 0.351. The minimum atomic E-state index is -3.20. The number of rotatable bonds is 4. The quantitative estimate of drug-likeness (QED) is 0.817. The molecule has 14 heavy (non-hydrogen) atoms. The fourth-order valence-electron chi connectivity index (χ4n) is 1.12. The monoisotopic (exact) mass is 213 g/mol. The molecule has 2 N–H and O–H groups in total. The molecule has 0 saturated heterocycles. The van der Waals surface area contributed by atoms with Crippen molar-refractivity contribution in [2.75, 3.05) is 5.75 Å². The minimum Gasteiger partial charge on any atom is -0.327 e. The highest BCUT2D eigenvalue weighted by Gasteiger charge is 2.16. The summed E-state index contributed by atoms with van der Waals surface area (Å²) in [5.41, 5.74) is 5.62. The second-order valence-corrected chi connectivity index (χ2v) is 5.30. The zero-order valence-electron chi connectivity index (χ0n) is 8.18. The topological polar surface area (TPSA) is 60.2 Å². The third-order valence-corrected chi connectivity index (χ3v) is 3.92. The average molecular weight is 213 g/mol. The van der Waals surface area contributed by atoms with Crippen LogP contribution >= 0.6 is 0 Å². The second kappa shape index (κ2) is 4.57. The van der Waals surface area contributed by atoms with E-state index in [1.165, 1.54) is 0 Å². The highest BCUT2D eigenvalue weighted by atomic mass is 32.2. The van der Waals surface area contributed by atoms with Crippen LogP contribution in [0.5, 0.6) is 0 Å². The van der Waals surface area contributed by atoms with E-state index in [0.29, 0.717) is 11.3 Å². The van der Waals surface area contributed by atoms with Gasteiger partial charge >= 0.3 is 0 Å². The van der Waals surface area contributed by atoms with Crippen molar-refractivity contribution in [3.8, 4) is 0 Å². The Hall–Kier alpha value is -0.870. The molecule has 0 amide bonds. The Kier molecular flexibility index (Phi) is 3.66. The molecule has 0 aliphatic heterocycles. The van der Waals surface area contributed by atoms with E-state index in [4.69, 9.17) is 5.73 Å². The fraction of sp³-hybridized carbons (Fsp3) is 0.400.